The lowest BCUT2D eigenvalue weighted by Gasteiger charge is -2.14. The molecule has 0 bridgehead atoms. The van der Waals surface area contributed by atoms with Gasteiger partial charge < -0.3 is 5.32 Å². The molecule has 0 atom stereocenters. The first kappa shape index (κ1) is 25.6. The van der Waals surface area contributed by atoms with Gasteiger partial charge >= 0.3 is 11.9 Å². The van der Waals surface area contributed by atoms with Crippen LogP contribution in [-0.2, 0) is 30.6 Å². The van der Waals surface area contributed by atoms with Crippen LogP contribution in [0.4, 0.5) is 22.0 Å². The summed E-state index contributed by atoms with van der Waals surface area (Å²) >= 11 is 7.12. The van der Waals surface area contributed by atoms with Gasteiger partial charge in [-0.3, -0.25) is 9.36 Å². The van der Waals surface area contributed by atoms with E-state index in [-0.39, 0.29) is 17.9 Å². The van der Waals surface area contributed by atoms with Crippen molar-refractivity contribution in [1.29, 1.82) is 0 Å². The van der Waals surface area contributed by atoms with E-state index in [9.17, 15) is 31.5 Å². The van der Waals surface area contributed by atoms with Gasteiger partial charge in [-0.2, -0.15) is 13.2 Å². The summed E-state index contributed by atoms with van der Waals surface area (Å²) in [6.45, 7) is -1.44. The number of aromatic nitrogens is 3. The highest BCUT2D eigenvalue weighted by Crippen LogP contribution is 2.34. The lowest BCUT2D eigenvalue weighted by Crippen LogP contribution is -2.34. The number of amides is 1. The Labute approximate surface area is 209 Å². The summed E-state index contributed by atoms with van der Waals surface area (Å²) < 4.78 is 70.0. The molecule has 0 aliphatic heterocycles. The maximum absolute atomic E-state index is 14.2. The summed E-state index contributed by atoms with van der Waals surface area (Å²) in [5, 5.41) is 6.43. The van der Waals surface area contributed by atoms with Crippen molar-refractivity contribution in [3.05, 3.63) is 97.7 Å². The van der Waals surface area contributed by atoms with Gasteiger partial charge in [0.05, 0.1) is 21.3 Å². The van der Waals surface area contributed by atoms with Crippen LogP contribution >= 0.6 is 22.9 Å². The number of hydrogen-bond donors (Lipinski definition) is 1. The van der Waals surface area contributed by atoms with Crippen molar-refractivity contribution in [2.75, 3.05) is 0 Å². The zero-order valence-corrected chi connectivity index (χ0v) is 19.7. The molecular weight excluding hydrogens is 527 g/mol. The van der Waals surface area contributed by atoms with Gasteiger partial charge in [0.15, 0.2) is 5.82 Å². The molecule has 2 aromatic carbocycles. The van der Waals surface area contributed by atoms with E-state index in [0.29, 0.717) is 15.3 Å². The Kier molecular flexibility index (Phi) is 7.27. The second kappa shape index (κ2) is 10.2. The molecule has 2 aromatic heterocycles. The Morgan fingerprint density at radius 1 is 1.00 bits per heavy atom. The minimum absolute atomic E-state index is 0.137. The van der Waals surface area contributed by atoms with Crippen molar-refractivity contribution < 1.29 is 26.7 Å². The van der Waals surface area contributed by atoms with Gasteiger partial charge in [0.2, 0.25) is 5.91 Å². The molecule has 0 radical (unpaired) electrons. The van der Waals surface area contributed by atoms with E-state index in [1.807, 2.05) is 0 Å². The third-order valence-corrected chi connectivity index (χ3v) is 6.38. The molecule has 2 heterocycles. The largest absolute Gasteiger partial charge is 0.419 e. The monoisotopic (exact) mass is 542 g/mol. The number of nitrogens with zero attached hydrogens (tertiary/aromatic N) is 3. The van der Waals surface area contributed by atoms with Gasteiger partial charge in [-0.1, -0.05) is 41.9 Å². The molecule has 0 saturated carbocycles. The average molecular weight is 543 g/mol. The summed E-state index contributed by atoms with van der Waals surface area (Å²) in [6.07, 6.45) is -4.95. The van der Waals surface area contributed by atoms with E-state index >= 15 is 0 Å². The molecule has 6 nitrogen and oxygen atoms in total. The summed E-state index contributed by atoms with van der Waals surface area (Å²) in [7, 11) is 0. The Bertz CT molecular complexity index is 1480. The highest BCUT2D eigenvalue weighted by Gasteiger charge is 2.36. The zero-order valence-electron chi connectivity index (χ0n) is 18.2. The number of benzene rings is 2. The van der Waals surface area contributed by atoms with Crippen LogP contribution in [0.15, 0.2) is 59.4 Å². The van der Waals surface area contributed by atoms with E-state index in [1.165, 1.54) is 22.8 Å². The fraction of sp³-hybridized carbons (Fsp3) is 0.174. The first-order valence-corrected chi connectivity index (χ1v) is 11.5. The van der Waals surface area contributed by atoms with Crippen LogP contribution in [0.5, 0.6) is 0 Å². The molecule has 0 unspecified atom stereocenters. The van der Waals surface area contributed by atoms with Crippen molar-refractivity contribution in [1.82, 2.24) is 19.7 Å². The van der Waals surface area contributed by atoms with Crippen LogP contribution in [-0.4, -0.2) is 20.3 Å². The number of rotatable bonds is 7. The molecule has 4 aromatic rings. The quantitative estimate of drug-likeness (QED) is 0.331. The summed E-state index contributed by atoms with van der Waals surface area (Å²) in [5.41, 5.74) is -2.48. The zero-order chi connectivity index (χ0) is 26.0. The molecule has 0 saturated heterocycles. The van der Waals surface area contributed by atoms with Crippen LogP contribution in [0, 0.1) is 11.6 Å². The molecule has 0 aliphatic carbocycles. The smallest absolute Gasteiger partial charge is 0.350 e. The van der Waals surface area contributed by atoms with Crippen LogP contribution in [0.1, 0.15) is 16.7 Å². The summed E-state index contributed by atoms with van der Waals surface area (Å²) in [6, 6.07) is 11.8. The number of nitrogens with one attached hydrogen (secondary N) is 1. The lowest BCUT2D eigenvalue weighted by atomic mass is 10.1. The molecule has 0 fully saturated rings. The maximum Gasteiger partial charge on any atom is 0.419 e. The highest BCUT2D eigenvalue weighted by molar-refractivity contribution is 7.19. The van der Waals surface area contributed by atoms with E-state index in [4.69, 9.17) is 11.6 Å². The normalized spacial score (nSPS) is 11.6. The first-order valence-electron chi connectivity index (χ1n) is 10.3. The average Bonchev–Trinajstić information content (AvgIpc) is 3.36. The second-order valence-electron chi connectivity index (χ2n) is 7.59. The van der Waals surface area contributed by atoms with Gasteiger partial charge in [0, 0.05) is 12.1 Å². The summed E-state index contributed by atoms with van der Waals surface area (Å²) in [4.78, 5) is 26.0. The SMILES string of the molecule is O=C(Cn1nc(-c2ccc(Cl)s2)n(Cc2ccccc2F)c1=O)NCc1cccc(F)c1C(F)(F)F. The Morgan fingerprint density at radius 3 is 2.36 bits per heavy atom. The van der Waals surface area contributed by atoms with Crippen LogP contribution in [0.3, 0.4) is 0 Å². The molecule has 0 spiro atoms. The number of thiophene rings is 1. The number of carbonyl (C=O) groups is 1. The molecule has 0 aliphatic rings. The van der Waals surface area contributed by atoms with Crippen molar-refractivity contribution in [3.63, 3.8) is 0 Å². The molecule has 13 heteroatoms. The van der Waals surface area contributed by atoms with Gasteiger partial charge in [-0.15, -0.1) is 16.4 Å². The number of carbonyl (C=O) groups excluding carboxylic acids is 1. The third-order valence-electron chi connectivity index (χ3n) is 5.16. The molecule has 188 valence electrons. The van der Waals surface area contributed by atoms with Crippen LogP contribution in [0.2, 0.25) is 4.34 Å². The predicted octanol–water partition coefficient (Wildman–Crippen LogP) is 5.09. The minimum atomic E-state index is -4.95. The fourth-order valence-corrected chi connectivity index (χ4v) is 4.56. The minimum Gasteiger partial charge on any atom is -0.350 e. The van der Waals surface area contributed by atoms with E-state index < -0.39 is 53.6 Å². The van der Waals surface area contributed by atoms with Crippen molar-refractivity contribution in [2.24, 2.45) is 0 Å². The Morgan fingerprint density at radius 2 is 1.69 bits per heavy atom. The topological polar surface area (TPSA) is 68.9 Å². The predicted molar refractivity (Wildman–Crippen MR) is 124 cm³/mol. The van der Waals surface area contributed by atoms with E-state index in [0.717, 1.165) is 28.2 Å². The van der Waals surface area contributed by atoms with Crippen molar-refractivity contribution in [3.8, 4) is 10.7 Å². The van der Waals surface area contributed by atoms with Gasteiger partial charge in [0.1, 0.15) is 18.2 Å². The second-order valence-corrected chi connectivity index (χ2v) is 9.31. The van der Waals surface area contributed by atoms with Gasteiger partial charge in [-0.05, 0) is 29.8 Å². The Balaban J connectivity index is 1.59. The number of alkyl halides is 3. The molecule has 1 N–H and O–H groups in total. The van der Waals surface area contributed by atoms with Gasteiger partial charge in [0.25, 0.3) is 0 Å². The molecule has 4 rings (SSSR count). The molecule has 36 heavy (non-hydrogen) atoms. The maximum atomic E-state index is 14.2. The Hall–Kier alpha value is -3.51. The highest BCUT2D eigenvalue weighted by atomic mass is 35.5. The third kappa shape index (κ3) is 5.49. The molecule has 1 amide bonds. The number of halogens is 6. The number of hydrogen-bond acceptors (Lipinski definition) is 4. The van der Waals surface area contributed by atoms with Crippen molar-refractivity contribution >= 4 is 28.8 Å². The molecular formula is C23H16ClF5N4O2S. The lowest BCUT2D eigenvalue weighted by molar-refractivity contribution is -0.141. The fourth-order valence-electron chi connectivity index (χ4n) is 3.52. The van der Waals surface area contributed by atoms with Gasteiger partial charge in [-0.25, -0.2) is 18.3 Å². The van der Waals surface area contributed by atoms with Crippen molar-refractivity contribution in [2.45, 2.75) is 25.8 Å². The summed E-state index contributed by atoms with van der Waals surface area (Å²) in [5.74, 6) is -2.70. The first-order chi connectivity index (χ1) is 17.0. The van der Waals surface area contributed by atoms with E-state index in [2.05, 4.69) is 10.4 Å². The van der Waals surface area contributed by atoms with Crippen LogP contribution in [0.25, 0.3) is 10.7 Å². The van der Waals surface area contributed by atoms with E-state index in [1.54, 1.807) is 18.2 Å². The van der Waals surface area contributed by atoms with Crippen LogP contribution < -0.4 is 11.0 Å². The standard InChI is InChI=1S/C23H16ClF5N4O2S/c24-18-9-8-17(36-18)21-31-33(22(35)32(21)11-14-4-1-2-6-15(14)25)12-19(34)30-10-13-5-3-7-16(26)20(13)23(27,28)29/h1-9H,10-12H2,(H,30,34).